The first-order valence-corrected chi connectivity index (χ1v) is 6.06. The average molecular weight is 238 g/mol. The Kier molecular flexibility index (Phi) is 3.31. The number of rotatable bonds is 3. The summed E-state index contributed by atoms with van der Waals surface area (Å²) in [7, 11) is 0. The molecule has 0 aromatic carbocycles. The predicted molar refractivity (Wildman–Crippen MR) is 63.6 cm³/mol. The molecule has 2 aliphatic heterocycles. The van der Waals surface area contributed by atoms with E-state index in [9.17, 15) is 9.59 Å². The fourth-order valence-corrected chi connectivity index (χ4v) is 2.37. The van der Waals surface area contributed by atoms with Crippen molar-refractivity contribution in [3.8, 4) is 0 Å². The molecule has 0 radical (unpaired) electrons. The monoisotopic (exact) mass is 238 g/mol. The van der Waals surface area contributed by atoms with Crippen LogP contribution >= 0.6 is 0 Å². The molecule has 0 spiro atoms. The lowest BCUT2D eigenvalue weighted by Gasteiger charge is -2.24. The van der Waals surface area contributed by atoms with Crippen LogP contribution in [0, 0.1) is 0 Å². The maximum atomic E-state index is 12.0. The molecular weight excluding hydrogens is 220 g/mol. The quantitative estimate of drug-likeness (QED) is 0.761. The molecule has 6 heteroatoms. The summed E-state index contributed by atoms with van der Waals surface area (Å²) in [6.45, 7) is 4.03. The zero-order chi connectivity index (χ0) is 12.4. The summed E-state index contributed by atoms with van der Waals surface area (Å²) in [6.07, 6.45) is 2.39. The molecule has 0 aliphatic carbocycles. The Hall–Kier alpha value is -1.59. The second-order valence-corrected chi connectivity index (χ2v) is 4.41. The second kappa shape index (κ2) is 4.73. The Bertz CT molecular complexity index is 360. The summed E-state index contributed by atoms with van der Waals surface area (Å²) in [5.41, 5.74) is 5.70. The number of carbonyl (C=O) groups excluding carboxylic acids is 2. The van der Waals surface area contributed by atoms with Gasteiger partial charge in [0.2, 0.25) is 5.91 Å². The van der Waals surface area contributed by atoms with Gasteiger partial charge >= 0.3 is 6.03 Å². The van der Waals surface area contributed by atoms with Gasteiger partial charge in [0, 0.05) is 19.6 Å². The minimum absolute atomic E-state index is 0.0683. The Morgan fingerprint density at radius 2 is 2.12 bits per heavy atom. The van der Waals surface area contributed by atoms with Crippen LogP contribution in [0.3, 0.4) is 0 Å². The van der Waals surface area contributed by atoms with E-state index >= 15 is 0 Å². The minimum Gasteiger partial charge on any atom is -0.385 e. The number of nitrogens with zero attached hydrogens (tertiary/aromatic N) is 3. The third kappa shape index (κ3) is 2.25. The van der Waals surface area contributed by atoms with Crippen LogP contribution in [0.25, 0.3) is 0 Å². The molecule has 0 aromatic heterocycles. The van der Waals surface area contributed by atoms with Gasteiger partial charge in [-0.3, -0.25) is 4.79 Å². The highest BCUT2D eigenvalue weighted by Crippen LogP contribution is 2.17. The molecular formula is C11H18N4O2. The fourth-order valence-electron chi connectivity index (χ4n) is 2.37. The number of likely N-dealkylation sites (tertiary alicyclic amines) is 1. The smallest absolute Gasteiger partial charge is 0.345 e. The average Bonchev–Trinajstić information content (AvgIpc) is 2.88. The van der Waals surface area contributed by atoms with Crippen molar-refractivity contribution in [1.82, 2.24) is 9.80 Å². The van der Waals surface area contributed by atoms with Crippen molar-refractivity contribution in [2.24, 2.45) is 10.7 Å². The zero-order valence-corrected chi connectivity index (χ0v) is 10.1. The highest BCUT2D eigenvalue weighted by molar-refractivity contribution is 6.04. The molecule has 17 heavy (non-hydrogen) atoms. The first kappa shape index (κ1) is 11.9. The molecule has 0 saturated carbocycles. The van der Waals surface area contributed by atoms with Crippen molar-refractivity contribution >= 4 is 17.8 Å². The molecule has 0 bridgehead atoms. The van der Waals surface area contributed by atoms with Crippen LogP contribution in [-0.4, -0.2) is 53.2 Å². The summed E-state index contributed by atoms with van der Waals surface area (Å²) in [4.78, 5) is 30.6. The highest BCUT2D eigenvalue weighted by atomic mass is 16.2. The van der Waals surface area contributed by atoms with Gasteiger partial charge in [-0.1, -0.05) is 0 Å². The first-order chi connectivity index (χ1) is 8.13. The lowest BCUT2D eigenvalue weighted by Crippen LogP contribution is -2.44. The third-order valence-electron chi connectivity index (χ3n) is 3.36. The van der Waals surface area contributed by atoms with Crippen molar-refractivity contribution in [3.63, 3.8) is 0 Å². The molecule has 1 fully saturated rings. The summed E-state index contributed by atoms with van der Waals surface area (Å²) in [5.74, 6) is 0.336. The van der Waals surface area contributed by atoms with E-state index in [1.54, 1.807) is 4.90 Å². The number of hydrogen-bond acceptors (Lipinski definition) is 3. The van der Waals surface area contributed by atoms with Crippen LogP contribution < -0.4 is 5.73 Å². The van der Waals surface area contributed by atoms with E-state index in [4.69, 9.17) is 5.73 Å². The van der Waals surface area contributed by atoms with Gasteiger partial charge in [0.05, 0.1) is 12.5 Å². The van der Waals surface area contributed by atoms with Gasteiger partial charge in [-0.2, -0.15) is 4.99 Å². The van der Waals surface area contributed by atoms with Crippen LogP contribution in [0.1, 0.15) is 26.2 Å². The summed E-state index contributed by atoms with van der Waals surface area (Å²) in [5, 5.41) is 0. The van der Waals surface area contributed by atoms with Crippen LogP contribution in [-0.2, 0) is 4.79 Å². The maximum Gasteiger partial charge on any atom is 0.345 e. The Morgan fingerprint density at radius 1 is 1.47 bits per heavy atom. The number of carbonyl (C=O) groups is 2. The van der Waals surface area contributed by atoms with Crippen molar-refractivity contribution < 1.29 is 9.59 Å². The SMILES string of the molecule is CCN1C(=O)N=C(N)C1CC(=O)N1CCCC1. The molecule has 1 saturated heterocycles. The van der Waals surface area contributed by atoms with Crippen LogP contribution in [0.4, 0.5) is 4.79 Å². The standard InChI is InChI=1S/C11H18N4O2/c1-2-15-8(10(12)13-11(15)17)7-9(16)14-5-3-4-6-14/h8H,2-7H2,1H3,(H2,12,13,17). The number of amides is 3. The van der Waals surface area contributed by atoms with Gasteiger partial charge in [-0.05, 0) is 19.8 Å². The van der Waals surface area contributed by atoms with E-state index in [-0.39, 0.29) is 30.2 Å². The van der Waals surface area contributed by atoms with E-state index in [0.717, 1.165) is 25.9 Å². The zero-order valence-electron chi connectivity index (χ0n) is 10.1. The lowest BCUT2D eigenvalue weighted by molar-refractivity contribution is -0.130. The largest absolute Gasteiger partial charge is 0.385 e. The minimum atomic E-state index is -0.347. The van der Waals surface area contributed by atoms with Crippen molar-refractivity contribution in [1.29, 1.82) is 0 Å². The highest BCUT2D eigenvalue weighted by Gasteiger charge is 2.35. The molecule has 6 nitrogen and oxygen atoms in total. The van der Waals surface area contributed by atoms with Crippen molar-refractivity contribution in [2.45, 2.75) is 32.2 Å². The molecule has 2 aliphatic rings. The summed E-state index contributed by atoms with van der Waals surface area (Å²) >= 11 is 0. The molecule has 3 amide bonds. The van der Waals surface area contributed by atoms with E-state index in [2.05, 4.69) is 4.99 Å². The van der Waals surface area contributed by atoms with Gasteiger partial charge in [0.1, 0.15) is 5.84 Å². The topological polar surface area (TPSA) is 79.0 Å². The molecule has 94 valence electrons. The van der Waals surface area contributed by atoms with Gasteiger partial charge in [0.25, 0.3) is 0 Å². The predicted octanol–water partition coefficient (Wildman–Crippen LogP) is 0.180. The Morgan fingerprint density at radius 3 is 2.71 bits per heavy atom. The Balaban J connectivity index is 1.99. The lowest BCUT2D eigenvalue weighted by atomic mass is 10.1. The van der Waals surface area contributed by atoms with Crippen molar-refractivity contribution in [3.05, 3.63) is 0 Å². The van der Waals surface area contributed by atoms with E-state index in [0.29, 0.717) is 6.54 Å². The van der Waals surface area contributed by atoms with Gasteiger partial charge < -0.3 is 15.5 Å². The molecule has 2 rings (SSSR count). The number of urea groups is 1. The van der Waals surface area contributed by atoms with Crippen LogP contribution in [0.2, 0.25) is 0 Å². The van der Waals surface area contributed by atoms with Crippen LogP contribution in [0.15, 0.2) is 4.99 Å². The Labute approximate surface area is 100 Å². The van der Waals surface area contributed by atoms with Gasteiger partial charge in [-0.25, -0.2) is 4.79 Å². The van der Waals surface area contributed by atoms with E-state index in [1.807, 2.05) is 11.8 Å². The fraction of sp³-hybridized carbons (Fsp3) is 0.727. The van der Waals surface area contributed by atoms with Crippen molar-refractivity contribution in [2.75, 3.05) is 19.6 Å². The van der Waals surface area contributed by atoms with E-state index < -0.39 is 0 Å². The summed E-state index contributed by atoms with van der Waals surface area (Å²) in [6, 6.07) is -0.676. The molecule has 1 unspecified atom stereocenters. The summed E-state index contributed by atoms with van der Waals surface area (Å²) < 4.78 is 0. The second-order valence-electron chi connectivity index (χ2n) is 4.41. The molecule has 1 atom stereocenters. The number of amidine groups is 1. The van der Waals surface area contributed by atoms with Gasteiger partial charge in [-0.15, -0.1) is 0 Å². The van der Waals surface area contributed by atoms with Crippen LogP contribution in [0.5, 0.6) is 0 Å². The molecule has 2 heterocycles. The normalized spacial score (nSPS) is 24.4. The van der Waals surface area contributed by atoms with E-state index in [1.165, 1.54) is 0 Å². The third-order valence-corrected chi connectivity index (χ3v) is 3.36. The number of nitrogens with two attached hydrogens (primary N) is 1. The molecule has 2 N–H and O–H groups in total. The first-order valence-electron chi connectivity index (χ1n) is 6.06. The number of likely N-dealkylation sites (N-methyl/N-ethyl adjacent to an activating group) is 1. The number of aliphatic imine (C=N–C) groups is 1. The maximum absolute atomic E-state index is 12.0. The number of hydrogen-bond donors (Lipinski definition) is 1. The molecule has 0 aromatic rings. The van der Waals surface area contributed by atoms with Gasteiger partial charge in [0.15, 0.2) is 0 Å².